The van der Waals surface area contributed by atoms with Crippen LogP contribution in [0.15, 0.2) is 42.5 Å². The van der Waals surface area contributed by atoms with E-state index in [1.807, 2.05) is 24.3 Å². The van der Waals surface area contributed by atoms with Crippen molar-refractivity contribution in [3.8, 4) is 5.75 Å². The van der Waals surface area contributed by atoms with Crippen LogP contribution in [0.25, 0.3) is 0 Å². The zero-order chi connectivity index (χ0) is 26.5. The van der Waals surface area contributed by atoms with Crippen LogP contribution in [0.1, 0.15) is 61.3 Å². The van der Waals surface area contributed by atoms with E-state index in [9.17, 15) is 24.9 Å². The highest BCUT2D eigenvalue weighted by Crippen LogP contribution is 2.24. The molecule has 1 fully saturated rings. The lowest BCUT2D eigenvalue weighted by Gasteiger charge is -2.17. The van der Waals surface area contributed by atoms with E-state index in [2.05, 4.69) is 10.6 Å². The molecule has 2 aromatic rings. The Morgan fingerprint density at radius 3 is 2.49 bits per heavy atom. The van der Waals surface area contributed by atoms with Crippen LogP contribution in [0, 0.1) is 0 Å². The molecule has 0 bridgehead atoms. The number of urea groups is 1. The van der Waals surface area contributed by atoms with Crippen LogP contribution in [0.5, 0.6) is 5.75 Å². The number of aromatic hydroxyl groups is 1. The number of hydrogen-bond acceptors (Lipinski definition) is 7. The lowest BCUT2D eigenvalue weighted by Crippen LogP contribution is -2.31. The first-order valence-electron chi connectivity index (χ1n) is 13.1. The molecule has 0 unspecified atom stereocenters. The molecule has 0 aliphatic carbocycles. The number of ether oxygens (including phenoxy) is 1. The summed E-state index contributed by atoms with van der Waals surface area (Å²) < 4.78 is 5.76. The van der Waals surface area contributed by atoms with Gasteiger partial charge in [0.1, 0.15) is 5.75 Å². The summed E-state index contributed by atoms with van der Waals surface area (Å²) in [5.41, 5.74) is 2.75. The van der Waals surface area contributed by atoms with Crippen LogP contribution >= 0.6 is 0 Å². The normalized spacial score (nSPS) is 14.3. The van der Waals surface area contributed by atoms with Crippen LogP contribution in [0.2, 0.25) is 0 Å². The summed E-state index contributed by atoms with van der Waals surface area (Å²) >= 11 is 0. The SMILES string of the molecule is O=C1CNC(=O)N1c1ccccc1CCCCOCCCCCCNC[C@@H](O)c1ccc(O)c(CO)c1. The largest absolute Gasteiger partial charge is 0.508 e. The Hall–Kier alpha value is -2.98. The number of anilines is 1. The number of carbonyl (C=O) groups excluding carboxylic acids is 2. The van der Waals surface area contributed by atoms with E-state index in [-0.39, 0.29) is 30.8 Å². The molecule has 9 heteroatoms. The lowest BCUT2D eigenvalue weighted by atomic mass is 10.1. The van der Waals surface area contributed by atoms with Gasteiger partial charge in [-0.25, -0.2) is 9.69 Å². The van der Waals surface area contributed by atoms with Crippen LogP contribution < -0.4 is 15.5 Å². The Morgan fingerprint density at radius 2 is 1.73 bits per heavy atom. The molecule has 0 radical (unpaired) electrons. The number of aryl methyl sites for hydroxylation is 1. The van der Waals surface area contributed by atoms with E-state index in [4.69, 9.17) is 4.74 Å². The van der Waals surface area contributed by atoms with Crippen molar-refractivity contribution in [3.05, 3.63) is 59.2 Å². The Morgan fingerprint density at radius 1 is 0.973 bits per heavy atom. The van der Waals surface area contributed by atoms with Crippen molar-refractivity contribution in [3.63, 3.8) is 0 Å². The quantitative estimate of drug-likeness (QED) is 0.162. The standard InChI is InChI=1S/C28H39N3O6/c32-20-23-17-22(12-13-25(23)33)26(34)18-29-14-6-1-2-7-15-37-16-8-5-10-21-9-3-4-11-24(21)31-27(35)19-30-28(31)36/h3-4,9,11-13,17,26,29,32-34H,1-2,5-8,10,14-16,18-20H2,(H,30,36)/t26-/m1/s1. The molecule has 3 amide bonds. The molecule has 1 saturated heterocycles. The summed E-state index contributed by atoms with van der Waals surface area (Å²) in [6, 6.07) is 12.0. The number of aliphatic hydroxyl groups is 2. The maximum absolute atomic E-state index is 12.0. The molecule has 37 heavy (non-hydrogen) atoms. The van der Waals surface area contributed by atoms with Gasteiger partial charge in [0, 0.05) is 25.3 Å². The lowest BCUT2D eigenvalue weighted by molar-refractivity contribution is -0.115. The number of nitrogens with one attached hydrogen (secondary N) is 2. The van der Waals surface area contributed by atoms with Crippen molar-refractivity contribution < 1.29 is 29.6 Å². The van der Waals surface area contributed by atoms with E-state index >= 15 is 0 Å². The highest BCUT2D eigenvalue weighted by molar-refractivity contribution is 6.20. The third-order valence-corrected chi connectivity index (χ3v) is 6.45. The van der Waals surface area contributed by atoms with Gasteiger partial charge >= 0.3 is 6.03 Å². The molecule has 1 heterocycles. The van der Waals surface area contributed by atoms with Gasteiger partial charge < -0.3 is 30.7 Å². The maximum atomic E-state index is 12.0. The number of aliphatic hydroxyl groups excluding tert-OH is 2. The summed E-state index contributed by atoms with van der Waals surface area (Å²) in [6.07, 6.45) is 6.13. The first-order chi connectivity index (χ1) is 18.0. The first kappa shape index (κ1) is 28.6. The number of benzene rings is 2. The van der Waals surface area contributed by atoms with Crippen molar-refractivity contribution in [1.82, 2.24) is 10.6 Å². The Kier molecular flexibility index (Phi) is 11.8. The monoisotopic (exact) mass is 513 g/mol. The number of nitrogens with zero attached hydrogens (tertiary/aromatic N) is 1. The molecule has 5 N–H and O–H groups in total. The number of carbonyl (C=O) groups is 2. The first-order valence-corrected chi connectivity index (χ1v) is 13.1. The molecule has 1 aliphatic rings. The number of rotatable bonds is 17. The zero-order valence-corrected chi connectivity index (χ0v) is 21.3. The van der Waals surface area contributed by atoms with Gasteiger partial charge in [-0.1, -0.05) is 37.1 Å². The van der Waals surface area contributed by atoms with Crippen molar-refractivity contribution in [2.75, 3.05) is 37.7 Å². The average molecular weight is 514 g/mol. The highest BCUT2D eigenvalue weighted by Gasteiger charge is 2.31. The summed E-state index contributed by atoms with van der Waals surface area (Å²) in [5, 5.41) is 34.9. The minimum absolute atomic E-state index is 0.0320. The number of hydrogen-bond donors (Lipinski definition) is 5. The molecule has 2 aromatic carbocycles. The molecule has 1 atom stereocenters. The predicted octanol–water partition coefficient (Wildman–Crippen LogP) is 3.16. The fourth-order valence-corrected chi connectivity index (χ4v) is 4.33. The van der Waals surface area contributed by atoms with Crippen molar-refractivity contribution >= 4 is 17.6 Å². The Bertz CT molecular complexity index is 999. The van der Waals surface area contributed by atoms with E-state index in [1.165, 1.54) is 11.0 Å². The zero-order valence-electron chi connectivity index (χ0n) is 21.3. The van der Waals surface area contributed by atoms with Gasteiger partial charge in [-0.3, -0.25) is 4.79 Å². The third-order valence-electron chi connectivity index (χ3n) is 6.45. The fourth-order valence-electron chi connectivity index (χ4n) is 4.33. The molecule has 0 aromatic heterocycles. The molecule has 0 spiro atoms. The van der Waals surface area contributed by atoms with E-state index in [0.29, 0.717) is 30.0 Å². The van der Waals surface area contributed by atoms with Gasteiger partial charge in [0.25, 0.3) is 5.91 Å². The smallest absolute Gasteiger partial charge is 0.329 e. The molecule has 3 rings (SSSR count). The maximum Gasteiger partial charge on any atom is 0.329 e. The summed E-state index contributed by atoms with van der Waals surface area (Å²) in [6.45, 7) is 2.45. The molecule has 202 valence electrons. The molecular weight excluding hydrogens is 474 g/mol. The summed E-state index contributed by atoms with van der Waals surface area (Å²) in [7, 11) is 0. The third kappa shape index (κ3) is 8.82. The highest BCUT2D eigenvalue weighted by atomic mass is 16.5. The van der Waals surface area contributed by atoms with Crippen LogP contribution in [-0.4, -0.2) is 60.1 Å². The van der Waals surface area contributed by atoms with Gasteiger partial charge in [-0.05, 0) is 68.0 Å². The summed E-state index contributed by atoms with van der Waals surface area (Å²) in [4.78, 5) is 25.2. The molecule has 9 nitrogen and oxygen atoms in total. The second-order valence-electron chi connectivity index (χ2n) is 9.27. The summed E-state index contributed by atoms with van der Waals surface area (Å²) in [5.74, 6) is -0.190. The van der Waals surface area contributed by atoms with Gasteiger partial charge in [-0.2, -0.15) is 0 Å². The Balaban J connectivity index is 1.18. The van der Waals surface area contributed by atoms with Gasteiger partial charge in [-0.15, -0.1) is 0 Å². The number of unbranched alkanes of at least 4 members (excludes halogenated alkanes) is 4. The Labute approximate surface area is 218 Å². The van der Waals surface area contributed by atoms with Crippen molar-refractivity contribution in [2.45, 2.75) is 57.7 Å². The average Bonchev–Trinajstić information content (AvgIpc) is 3.24. The molecular formula is C28H39N3O6. The minimum atomic E-state index is -0.685. The second-order valence-corrected chi connectivity index (χ2v) is 9.27. The molecule has 0 saturated carbocycles. The molecule has 1 aliphatic heterocycles. The van der Waals surface area contributed by atoms with Crippen molar-refractivity contribution in [1.29, 1.82) is 0 Å². The fraction of sp³-hybridized carbons (Fsp3) is 0.500. The van der Waals surface area contributed by atoms with Crippen LogP contribution in [-0.2, 0) is 22.6 Å². The van der Waals surface area contributed by atoms with E-state index in [0.717, 1.165) is 63.7 Å². The minimum Gasteiger partial charge on any atom is -0.508 e. The van der Waals surface area contributed by atoms with Gasteiger partial charge in [0.05, 0.1) is 24.9 Å². The second kappa shape index (κ2) is 15.3. The number of para-hydroxylation sites is 1. The van der Waals surface area contributed by atoms with Crippen LogP contribution in [0.4, 0.5) is 10.5 Å². The van der Waals surface area contributed by atoms with Gasteiger partial charge in [0.15, 0.2) is 0 Å². The predicted molar refractivity (Wildman–Crippen MR) is 141 cm³/mol. The van der Waals surface area contributed by atoms with E-state index < -0.39 is 6.10 Å². The van der Waals surface area contributed by atoms with Gasteiger partial charge in [0.2, 0.25) is 0 Å². The van der Waals surface area contributed by atoms with Crippen molar-refractivity contribution in [2.24, 2.45) is 0 Å². The number of phenols is 1. The van der Waals surface area contributed by atoms with E-state index in [1.54, 1.807) is 12.1 Å². The number of imide groups is 1. The topological polar surface area (TPSA) is 131 Å². The van der Waals surface area contributed by atoms with Crippen LogP contribution in [0.3, 0.4) is 0 Å². The number of amides is 3.